The zero-order valence-corrected chi connectivity index (χ0v) is 14.5. The van der Waals surface area contributed by atoms with Crippen LogP contribution >= 0.6 is 0 Å². The van der Waals surface area contributed by atoms with Crippen LogP contribution in [0.4, 0.5) is 5.69 Å². The van der Waals surface area contributed by atoms with Crippen molar-refractivity contribution in [1.82, 2.24) is 4.90 Å². The maximum Gasteiger partial charge on any atom is 0.258 e. The molecule has 1 N–H and O–H groups in total. The van der Waals surface area contributed by atoms with Gasteiger partial charge >= 0.3 is 0 Å². The van der Waals surface area contributed by atoms with Crippen molar-refractivity contribution in [2.75, 3.05) is 11.9 Å². The van der Waals surface area contributed by atoms with E-state index in [-0.39, 0.29) is 18.1 Å². The number of rotatable bonds is 5. The third kappa shape index (κ3) is 2.96. The van der Waals surface area contributed by atoms with Gasteiger partial charge in [-0.1, -0.05) is 31.2 Å². The number of benzene rings is 2. The van der Waals surface area contributed by atoms with E-state index < -0.39 is 0 Å². The number of carbonyl (C=O) groups excluding carboxylic acids is 1. The van der Waals surface area contributed by atoms with Gasteiger partial charge in [0.05, 0.1) is 12.2 Å². The number of anilines is 1. The summed E-state index contributed by atoms with van der Waals surface area (Å²) in [6.45, 7) is 6.81. The van der Waals surface area contributed by atoms with Crippen molar-refractivity contribution >= 4 is 11.6 Å². The van der Waals surface area contributed by atoms with Crippen LogP contribution in [0.15, 0.2) is 48.5 Å². The predicted octanol–water partition coefficient (Wildman–Crippen LogP) is 4.45. The van der Waals surface area contributed by atoms with E-state index in [2.05, 4.69) is 19.2 Å². The van der Waals surface area contributed by atoms with Gasteiger partial charge in [0, 0.05) is 11.7 Å². The van der Waals surface area contributed by atoms with E-state index in [0.29, 0.717) is 6.61 Å². The lowest BCUT2D eigenvalue weighted by molar-refractivity contribution is 0.0593. The molecule has 2 aromatic carbocycles. The lowest BCUT2D eigenvalue weighted by atomic mass is 10.0. The van der Waals surface area contributed by atoms with Crippen molar-refractivity contribution in [3.05, 3.63) is 59.7 Å². The van der Waals surface area contributed by atoms with Crippen LogP contribution in [0, 0.1) is 0 Å². The first-order valence-electron chi connectivity index (χ1n) is 8.56. The standard InChI is InChI=1S/C20H24N2O2/c1-4-14(3)22-19(15-10-12-16(13-11-15)24-5-2)21-18-9-7-6-8-17(18)20(22)23/h6-14,19,21H,4-5H2,1-3H3. The summed E-state index contributed by atoms with van der Waals surface area (Å²) in [6.07, 6.45) is 0.737. The SMILES string of the molecule is CCOc1ccc(C2Nc3ccccc3C(=O)N2C(C)CC)cc1. The van der Waals surface area contributed by atoms with Crippen molar-refractivity contribution in [2.45, 2.75) is 39.4 Å². The van der Waals surface area contributed by atoms with Crippen molar-refractivity contribution in [2.24, 2.45) is 0 Å². The summed E-state index contributed by atoms with van der Waals surface area (Å²) in [5.74, 6) is 0.927. The number of hydrogen-bond donors (Lipinski definition) is 1. The molecule has 24 heavy (non-hydrogen) atoms. The second-order valence-electron chi connectivity index (χ2n) is 6.06. The smallest absolute Gasteiger partial charge is 0.258 e. The van der Waals surface area contributed by atoms with Gasteiger partial charge < -0.3 is 15.0 Å². The molecule has 0 saturated carbocycles. The molecule has 0 spiro atoms. The van der Waals surface area contributed by atoms with E-state index in [1.807, 2.05) is 60.4 Å². The molecule has 0 bridgehead atoms. The Morgan fingerprint density at radius 2 is 1.83 bits per heavy atom. The molecule has 0 fully saturated rings. The molecule has 2 atom stereocenters. The van der Waals surface area contributed by atoms with Gasteiger partial charge in [-0.25, -0.2) is 0 Å². The monoisotopic (exact) mass is 324 g/mol. The van der Waals surface area contributed by atoms with Gasteiger partial charge in [0.25, 0.3) is 5.91 Å². The number of ether oxygens (including phenoxy) is 1. The van der Waals surface area contributed by atoms with Crippen LogP contribution in [0.2, 0.25) is 0 Å². The van der Waals surface area contributed by atoms with Gasteiger partial charge in [0.15, 0.2) is 0 Å². The zero-order chi connectivity index (χ0) is 17.1. The van der Waals surface area contributed by atoms with Crippen molar-refractivity contribution in [3.63, 3.8) is 0 Å². The van der Waals surface area contributed by atoms with Gasteiger partial charge in [0.1, 0.15) is 11.9 Å². The molecule has 126 valence electrons. The van der Waals surface area contributed by atoms with Gasteiger partial charge in [-0.3, -0.25) is 4.79 Å². The first-order valence-corrected chi connectivity index (χ1v) is 8.56. The fourth-order valence-electron chi connectivity index (χ4n) is 3.08. The highest BCUT2D eigenvalue weighted by molar-refractivity contribution is 6.01. The number of nitrogens with one attached hydrogen (secondary N) is 1. The minimum Gasteiger partial charge on any atom is -0.494 e. The summed E-state index contributed by atoms with van der Waals surface area (Å²) in [7, 11) is 0. The highest BCUT2D eigenvalue weighted by Gasteiger charge is 2.35. The maximum atomic E-state index is 13.0. The summed E-state index contributed by atoms with van der Waals surface area (Å²) in [5.41, 5.74) is 2.68. The molecule has 1 aliphatic heterocycles. The van der Waals surface area contributed by atoms with Gasteiger partial charge in [0.2, 0.25) is 0 Å². The lowest BCUT2D eigenvalue weighted by Crippen LogP contribution is -2.47. The van der Waals surface area contributed by atoms with Gasteiger partial charge in [-0.2, -0.15) is 0 Å². The number of hydrogen-bond acceptors (Lipinski definition) is 3. The molecule has 1 heterocycles. The highest BCUT2D eigenvalue weighted by atomic mass is 16.5. The highest BCUT2D eigenvalue weighted by Crippen LogP contribution is 2.35. The Hall–Kier alpha value is -2.49. The third-order valence-corrected chi connectivity index (χ3v) is 4.53. The van der Waals surface area contributed by atoms with Crippen molar-refractivity contribution in [3.8, 4) is 5.75 Å². The molecule has 4 heteroatoms. The lowest BCUT2D eigenvalue weighted by Gasteiger charge is -2.41. The number of nitrogens with zero attached hydrogens (tertiary/aromatic N) is 1. The molecular formula is C20H24N2O2. The summed E-state index contributed by atoms with van der Waals surface area (Å²) < 4.78 is 5.52. The van der Waals surface area contributed by atoms with E-state index in [4.69, 9.17) is 4.74 Å². The minimum atomic E-state index is -0.168. The predicted molar refractivity (Wildman–Crippen MR) is 96.3 cm³/mol. The second-order valence-corrected chi connectivity index (χ2v) is 6.06. The molecule has 0 saturated heterocycles. The summed E-state index contributed by atoms with van der Waals surface area (Å²) in [4.78, 5) is 15.0. The fourth-order valence-corrected chi connectivity index (χ4v) is 3.08. The van der Waals surface area contributed by atoms with Crippen LogP contribution in [0.5, 0.6) is 5.75 Å². The Kier molecular flexibility index (Phi) is 4.74. The van der Waals surface area contributed by atoms with Crippen LogP contribution in [0.3, 0.4) is 0 Å². The molecule has 3 rings (SSSR count). The molecule has 1 amide bonds. The second kappa shape index (κ2) is 6.95. The van der Waals surface area contributed by atoms with Crippen LogP contribution in [0.25, 0.3) is 0 Å². The van der Waals surface area contributed by atoms with Gasteiger partial charge in [-0.15, -0.1) is 0 Å². The van der Waals surface area contributed by atoms with Crippen LogP contribution in [-0.2, 0) is 0 Å². The number of para-hydroxylation sites is 1. The average molecular weight is 324 g/mol. The Balaban J connectivity index is 1.99. The molecule has 2 aromatic rings. The molecule has 2 unspecified atom stereocenters. The molecule has 0 aliphatic carbocycles. The van der Waals surface area contributed by atoms with Crippen molar-refractivity contribution in [1.29, 1.82) is 0 Å². The topological polar surface area (TPSA) is 41.6 Å². The summed E-state index contributed by atoms with van der Waals surface area (Å²) >= 11 is 0. The number of carbonyl (C=O) groups is 1. The Morgan fingerprint density at radius 1 is 1.12 bits per heavy atom. The van der Waals surface area contributed by atoms with Crippen LogP contribution < -0.4 is 10.1 Å². The van der Waals surface area contributed by atoms with Crippen LogP contribution in [-0.4, -0.2) is 23.5 Å². The summed E-state index contributed by atoms with van der Waals surface area (Å²) in [5, 5.41) is 3.52. The average Bonchev–Trinajstić information content (AvgIpc) is 2.62. The zero-order valence-electron chi connectivity index (χ0n) is 14.5. The Bertz CT molecular complexity index is 712. The van der Waals surface area contributed by atoms with E-state index in [1.54, 1.807) is 0 Å². The van der Waals surface area contributed by atoms with Crippen molar-refractivity contribution < 1.29 is 9.53 Å². The Morgan fingerprint density at radius 3 is 2.50 bits per heavy atom. The largest absolute Gasteiger partial charge is 0.494 e. The Labute approximate surface area is 143 Å². The first kappa shape index (κ1) is 16.4. The molecule has 1 aliphatic rings. The van der Waals surface area contributed by atoms with Crippen LogP contribution in [0.1, 0.15) is 49.3 Å². The normalized spacial score (nSPS) is 17.9. The van der Waals surface area contributed by atoms with E-state index in [1.165, 1.54) is 0 Å². The molecule has 4 nitrogen and oxygen atoms in total. The number of amides is 1. The van der Waals surface area contributed by atoms with E-state index >= 15 is 0 Å². The number of fused-ring (bicyclic) bond motifs is 1. The molecule has 0 aromatic heterocycles. The molecule has 0 radical (unpaired) electrons. The van der Waals surface area contributed by atoms with E-state index in [0.717, 1.165) is 29.0 Å². The molecular weight excluding hydrogens is 300 g/mol. The fraction of sp³-hybridized carbons (Fsp3) is 0.350. The minimum absolute atomic E-state index is 0.0811. The third-order valence-electron chi connectivity index (χ3n) is 4.53. The maximum absolute atomic E-state index is 13.0. The quantitative estimate of drug-likeness (QED) is 0.883. The van der Waals surface area contributed by atoms with Gasteiger partial charge in [-0.05, 0) is 50.1 Å². The summed E-state index contributed by atoms with van der Waals surface area (Å²) in [6, 6.07) is 15.8. The first-order chi connectivity index (χ1) is 11.7. The van der Waals surface area contributed by atoms with E-state index in [9.17, 15) is 4.79 Å².